The van der Waals surface area contributed by atoms with E-state index in [2.05, 4.69) is 0 Å². The molecule has 128 valence electrons. The number of methoxy groups -OCH3 is 2. The smallest absolute Gasteiger partial charge is 0.159 e. The Hall–Kier alpha value is -1.75. The Bertz CT molecular complexity index is 764. The zero-order valence-electron chi connectivity index (χ0n) is 13.7. The number of benzene rings is 2. The quantitative estimate of drug-likeness (QED) is 0.618. The SMILES string of the molecule is COc1ccc(Cl)c(C(N)(CCl)c2cc(C(C)=O)ccc2OC)c1. The first kappa shape index (κ1) is 18.6. The maximum Gasteiger partial charge on any atom is 0.159 e. The first-order chi connectivity index (χ1) is 11.4. The van der Waals surface area contributed by atoms with Crippen molar-refractivity contribution in [2.75, 3.05) is 20.1 Å². The highest BCUT2D eigenvalue weighted by Crippen LogP contribution is 2.40. The predicted molar refractivity (Wildman–Crippen MR) is 96.7 cm³/mol. The fourth-order valence-electron chi connectivity index (χ4n) is 2.54. The lowest BCUT2D eigenvalue weighted by molar-refractivity contribution is 0.101. The standard InChI is InChI=1S/C18H19Cl2NO3/c1-11(22)12-4-7-17(24-3)15(8-12)18(21,10-19)14-9-13(23-2)5-6-16(14)20/h4-9H,10,21H2,1-3H3. The molecule has 0 fully saturated rings. The summed E-state index contributed by atoms with van der Waals surface area (Å²) in [5.41, 5.74) is 7.20. The van der Waals surface area contributed by atoms with Gasteiger partial charge in [-0.2, -0.15) is 0 Å². The summed E-state index contributed by atoms with van der Waals surface area (Å²) in [4.78, 5) is 11.8. The molecule has 0 heterocycles. The van der Waals surface area contributed by atoms with Crippen molar-refractivity contribution in [3.05, 3.63) is 58.1 Å². The van der Waals surface area contributed by atoms with Gasteiger partial charge in [-0.25, -0.2) is 0 Å². The molecule has 0 saturated carbocycles. The molecule has 2 N–H and O–H groups in total. The second-order valence-corrected chi connectivity index (χ2v) is 6.10. The molecule has 0 spiro atoms. The summed E-state index contributed by atoms with van der Waals surface area (Å²) < 4.78 is 10.7. The lowest BCUT2D eigenvalue weighted by atomic mass is 9.83. The van der Waals surface area contributed by atoms with Gasteiger partial charge in [-0.3, -0.25) is 4.79 Å². The predicted octanol–water partition coefficient (Wildman–Crippen LogP) is 4.00. The number of carbonyl (C=O) groups is 1. The van der Waals surface area contributed by atoms with Crippen LogP contribution in [0, 0.1) is 0 Å². The molecule has 0 aliphatic rings. The Kier molecular flexibility index (Phi) is 5.75. The first-order valence-electron chi connectivity index (χ1n) is 7.25. The second-order valence-electron chi connectivity index (χ2n) is 5.42. The highest BCUT2D eigenvalue weighted by molar-refractivity contribution is 6.31. The fraction of sp³-hybridized carbons (Fsp3) is 0.278. The molecule has 0 aromatic heterocycles. The van der Waals surface area contributed by atoms with Gasteiger partial charge in [0.05, 0.1) is 19.8 Å². The van der Waals surface area contributed by atoms with E-state index in [1.54, 1.807) is 43.5 Å². The molecule has 2 aromatic carbocycles. The Morgan fingerprint density at radius 3 is 2.38 bits per heavy atom. The van der Waals surface area contributed by atoms with Crippen LogP contribution in [0.15, 0.2) is 36.4 Å². The van der Waals surface area contributed by atoms with E-state index in [1.807, 2.05) is 0 Å². The van der Waals surface area contributed by atoms with Crippen LogP contribution in [0.2, 0.25) is 5.02 Å². The number of ether oxygens (including phenoxy) is 2. The molecule has 24 heavy (non-hydrogen) atoms. The van der Waals surface area contributed by atoms with Crippen LogP contribution < -0.4 is 15.2 Å². The van der Waals surface area contributed by atoms with Gasteiger partial charge in [-0.15, -0.1) is 11.6 Å². The molecule has 2 aromatic rings. The molecule has 6 heteroatoms. The third-order valence-corrected chi connectivity index (χ3v) is 4.70. The van der Waals surface area contributed by atoms with Crippen LogP contribution in [0.5, 0.6) is 11.5 Å². The highest BCUT2D eigenvalue weighted by Gasteiger charge is 2.34. The van der Waals surface area contributed by atoms with Crippen molar-refractivity contribution in [3.63, 3.8) is 0 Å². The van der Waals surface area contributed by atoms with E-state index in [9.17, 15) is 4.79 Å². The van der Waals surface area contributed by atoms with Crippen LogP contribution in [-0.4, -0.2) is 25.9 Å². The normalized spacial score (nSPS) is 13.2. The van der Waals surface area contributed by atoms with E-state index in [-0.39, 0.29) is 11.7 Å². The van der Waals surface area contributed by atoms with Gasteiger partial charge in [0.25, 0.3) is 0 Å². The number of nitrogens with two attached hydrogens (primary N) is 1. The zero-order valence-corrected chi connectivity index (χ0v) is 15.2. The minimum absolute atomic E-state index is 0.0393. The maximum atomic E-state index is 11.8. The molecule has 1 unspecified atom stereocenters. The van der Waals surface area contributed by atoms with Gasteiger partial charge in [-0.1, -0.05) is 11.6 Å². The summed E-state index contributed by atoms with van der Waals surface area (Å²) in [6, 6.07) is 10.3. The molecule has 0 aliphatic heterocycles. The van der Waals surface area contributed by atoms with Crippen molar-refractivity contribution in [3.8, 4) is 11.5 Å². The van der Waals surface area contributed by atoms with E-state index in [0.29, 0.717) is 33.2 Å². The van der Waals surface area contributed by atoms with E-state index in [0.717, 1.165) is 0 Å². The number of rotatable bonds is 6. The zero-order chi connectivity index (χ0) is 17.9. The number of Topliss-reactive ketones (excluding diaryl/α,β-unsaturated/α-hetero) is 1. The van der Waals surface area contributed by atoms with E-state index in [1.165, 1.54) is 14.0 Å². The van der Waals surface area contributed by atoms with Gasteiger partial charge in [0.2, 0.25) is 0 Å². The minimum atomic E-state index is -1.15. The van der Waals surface area contributed by atoms with Crippen molar-refractivity contribution in [1.82, 2.24) is 0 Å². The van der Waals surface area contributed by atoms with Gasteiger partial charge in [0.1, 0.15) is 11.5 Å². The summed E-state index contributed by atoms with van der Waals surface area (Å²) in [6.45, 7) is 1.49. The summed E-state index contributed by atoms with van der Waals surface area (Å²) in [7, 11) is 3.09. The molecule has 0 aliphatic carbocycles. The topological polar surface area (TPSA) is 61.5 Å². The lowest BCUT2D eigenvalue weighted by Crippen LogP contribution is -2.40. The highest BCUT2D eigenvalue weighted by atomic mass is 35.5. The van der Waals surface area contributed by atoms with E-state index >= 15 is 0 Å². The number of hydrogen-bond acceptors (Lipinski definition) is 4. The number of carbonyl (C=O) groups excluding carboxylic acids is 1. The number of halogens is 2. The summed E-state index contributed by atoms with van der Waals surface area (Å²) in [6.07, 6.45) is 0. The van der Waals surface area contributed by atoms with Crippen molar-refractivity contribution in [2.45, 2.75) is 12.5 Å². The maximum absolute atomic E-state index is 11.8. The van der Waals surface area contributed by atoms with Crippen LogP contribution >= 0.6 is 23.2 Å². The van der Waals surface area contributed by atoms with Gasteiger partial charge < -0.3 is 15.2 Å². The van der Waals surface area contributed by atoms with Gasteiger partial charge >= 0.3 is 0 Å². The van der Waals surface area contributed by atoms with Gasteiger partial charge in [0, 0.05) is 27.6 Å². The average Bonchev–Trinajstić information content (AvgIpc) is 2.60. The van der Waals surface area contributed by atoms with Crippen LogP contribution in [0.1, 0.15) is 28.4 Å². The Balaban J connectivity index is 2.74. The minimum Gasteiger partial charge on any atom is -0.497 e. The Labute approximate surface area is 151 Å². The monoisotopic (exact) mass is 367 g/mol. The fourth-order valence-corrected chi connectivity index (χ4v) is 3.11. The van der Waals surface area contributed by atoms with E-state index in [4.69, 9.17) is 38.4 Å². The second kappa shape index (κ2) is 7.43. The molecule has 0 amide bonds. The number of hydrogen-bond donors (Lipinski definition) is 1. The van der Waals surface area contributed by atoms with Crippen LogP contribution in [0.25, 0.3) is 0 Å². The molecular weight excluding hydrogens is 349 g/mol. The van der Waals surface area contributed by atoms with Gasteiger partial charge in [-0.05, 0) is 43.3 Å². The van der Waals surface area contributed by atoms with Crippen molar-refractivity contribution in [2.24, 2.45) is 5.73 Å². The number of alkyl halides is 1. The Morgan fingerprint density at radius 1 is 1.12 bits per heavy atom. The molecule has 1 atom stereocenters. The summed E-state index contributed by atoms with van der Waals surface area (Å²) in [5, 5.41) is 0.453. The molecule has 0 bridgehead atoms. The average molecular weight is 368 g/mol. The van der Waals surface area contributed by atoms with Crippen LogP contribution in [0.4, 0.5) is 0 Å². The molecule has 4 nitrogen and oxygen atoms in total. The van der Waals surface area contributed by atoms with Crippen molar-refractivity contribution in [1.29, 1.82) is 0 Å². The number of ketones is 1. The molecule has 0 saturated heterocycles. The third-order valence-electron chi connectivity index (χ3n) is 3.95. The van der Waals surface area contributed by atoms with Crippen LogP contribution in [0.3, 0.4) is 0 Å². The van der Waals surface area contributed by atoms with Crippen molar-refractivity contribution < 1.29 is 14.3 Å². The molecular formula is C18H19Cl2NO3. The summed E-state index contributed by atoms with van der Waals surface area (Å²) >= 11 is 12.6. The lowest BCUT2D eigenvalue weighted by Gasteiger charge is -2.31. The molecule has 2 rings (SSSR count). The van der Waals surface area contributed by atoms with E-state index < -0.39 is 5.54 Å². The first-order valence-corrected chi connectivity index (χ1v) is 8.17. The van der Waals surface area contributed by atoms with Gasteiger partial charge in [0.15, 0.2) is 5.78 Å². The summed E-state index contributed by atoms with van der Waals surface area (Å²) in [5.74, 6) is 1.10. The largest absolute Gasteiger partial charge is 0.497 e. The third kappa shape index (κ3) is 3.36. The molecule has 0 radical (unpaired) electrons. The van der Waals surface area contributed by atoms with Crippen molar-refractivity contribution >= 4 is 29.0 Å². The Morgan fingerprint density at radius 2 is 1.83 bits per heavy atom. The van der Waals surface area contributed by atoms with Crippen LogP contribution in [-0.2, 0) is 5.54 Å².